The van der Waals surface area contributed by atoms with Gasteiger partial charge < -0.3 is 76.4 Å². The Morgan fingerprint density at radius 2 is 0.796 bits per heavy atom. The van der Waals surface area contributed by atoms with Gasteiger partial charge in [-0.25, -0.2) is 9.59 Å². The van der Waals surface area contributed by atoms with E-state index in [9.17, 15) is 9.59 Å². The summed E-state index contributed by atoms with van der Waals surface area (Å²) in [6, 6.07) is 0. The Morgan fingerprint density at radius 1 is 0.510 bits per heavy atom. The van der Waals surface area contributed by atoms with Gasteiger partial charge in [0, 0.05) is 7.11 Å². The first-order valence-corrected chi connectivity index (χ1v) is 16.7. The van der Waals surface area contributed by atoms with Gasteiger partial charge in [-0.2, -0.15) is 0 Å². The van der Waals surface area contributed by atoms with E-state index in [1.165, 1.54) is 0 Å². The molecule has 0 saturated carbocycles. The smallest absolute Gasteiger partial charge is 0.407 e. The van der Waals surface area contributed by atoms with Crippen molar-refractivity contribution in [2.75, 3.05) is 185 Å². The van der Waals surface area contributed by atoms with E-state index in [2.05, 4.69) is 5.32 Å². The molecule has 0 unspecified atom stereocenters. The van der Waals surface area contributed by atoms with Crippen molar-refractivity contribution in [3.8, 4) is 0 Å². The quantitative estimate of drug-likeness (QED) is 0.0630. The molecule has 1 aliphatic rings. The Hall–Kier alpha value is -1.78. The fourth-order valence-electron chi connectivity index (χ4n) is 3.47. The average molecular weight is 718 g/mol. The van der Waals surface area contributed by atoms with Crippen LogP contribution in [0.3, 0.4) is 0 Å². The fourth-order valence-corrected chi connectivity index (χ4v) is 3.47. The maximum atomic E-state index is 11.6. The molecule has 0 aliphatic carbocycles. The Morgan fingerprint density at radius 3 is 1.06 bits per heavy atom. The largest absolute Gasteiger partial charge is 0.460 e. The Bertz CT molecular complexity index is 724. The summed E-state index contributed by atoms with van der Waals surface area (Å²) in [5.41, 5.74) is 0. The van der Waals surface area contributed by atoms with Crippen LogP contribution in [-0.2, 0) is 75.8 Å². The van der Waals surface area contributed by atoms with Gasteiger partial charge in [-0.15, -0.1) is 0 Å². The summed E-state index contributed by atoms with van der Waals surface area (Å²) < 4.78 is 79.6. The molecule has 0 radical (unpaired) electrons. The predicted octanol–water partition coefficient (Wildman–Crippen LogP) is -0.516. The number of nitrogens with one attached hydrogen (secondary N) is 1. The van der Waals surface area contributed by atoms with Gasteiger partial charge in [0.1, 0.15) is 13.2 Å². The van der Waals surface area contributed by atoms with Crippen LogP contribution in [0.15, 0.2) is 0 Å². The van der Waals surface area contributed by atoms with E-state index in [0.29, 0.717) is 159 Å². The van der Waals surface area contributed by atoms with E-state index in [4.69, 9.17) is 71.1 Å². The third kappa shape index (κ3) is 34.4. The van der Waals surface area contributed by atoms with E-state index >= 15 is 0 Å². The summed E-state index contributed by atoms with van der Waals surface area (Å²) in [5.74, 6) is -0.530. The van der Waals surface area contributed by atoms with Gasteiger partial charge in [-0.1, -0.05) is 0 Å². The van der Waals surface area contributed by atoms with Crippen molar-refractivity contribution in [3.63, 3.8) is 0 Å². The van der Waals surface area contributed by atoms with Gasteiger partial charge >= 0.3 is 12.1 Å². The van der Waals surface area contributed by atoms with Crippen molar-refractivity contribution in [1.82, 2.24) is 5.32 Å². The summed E-state index contributed by atoms with van der Waals surface area (Å²) in [6.07, 6.45) is -0.976. The number of cyclic esters (lactones) is 1. The first kappa shape index (κ1) is 45.2. The first-order valence-electron chi connectivity index (χ1n) is 16.7. The molecule has 0 bridgehead atoms. The van der Waals surface area contributed by atoms with E-state index in [-0.39, 0.29) is 19.8 Å². The minimum absolute atomic E-state index is 0.00121. The van der Waals surface area contributed by atoms with Crippen molar-refractivity contribution >= 4 is 12.1 Å². The lowest BCUT2D eigenvalue weighted by Gasteiger charge is -2.10. The summed E-state index contributed by atoms with van der Waals surface area (Å²) in [5, 5.41) is 2.48. The summed E-state index contributed by atoms with van der Waals surface area (Å²) in [4.78, 5) is 22.4. The number of alkyl carbamates (subject to hydrolysis) is 1. The lowest BCUT2D eigenvalue weighted by molar-refractivity contribution is -0.151. The zero-order valence-electron chi connectivity index (χ0n) is 29.1. The molecule has 1 heterocycles. The highest BCUT2D eigenvalue weighted by atomic mass is 16.6. The molecule has 290 valence electrons. The SMILES string of the molecule is COCCOCCOCCOCCOCCOCCOCCOCCOCCOCCOCCOCCOCC(=O)OC[C@@H]1CNC(=O)O1. The number of amides is 1. The van der Waals surface area contributed by atoms with Crippen LogP contribution in [0.25, 0.3) is 0 Å². The lowest BCUT2D eigenvalue weighted by Crippen LogP contribution is -2.24. The van der Waals surface area contributed by atoms with Crippen LogP contribution in [0.1, 0.15) is 0 Å². The molecule has 0 aromatic carbocycles. The lowest BCUT2D eigenvalue weighted by atomic mass is 10.4. The van der Waals surface area contributed by atoms with Gasteiger partial charge in [0.15, 0.2) is 6.10 Å². The highest BCUT2D eigenvalue weighted by Crippen LogP contribution is 2.00. The minimum atomic E-state index is -0.530. The third-order valence-corrected chi connectivity index (χ3v) is 5.92. The molecule has 0 spiro atoms. The Kier molecular flexibility index (Phi) is 34.6. The second kappa shape index (κ2) is 37.5. The minimum Gasteiger partial charge on any atom is -0.460 e. The molecule has 1 saturated heterocycles. The highest BCUT2D eigenvalue weighted by Gasteiger charge is 2.23. The van der Waals surface area contributed by atoms with E-state index in [0.717, 1.165) is 0 Å². The first-order chi connectivity index (χ1) is 24.2. The maximum absolute atomic E-state index is 11.6. The molecule has 1 fully saturated rings. The molecule has 49 heavy (non-hydrogen) atoms. The van der Waals surface area contributed by atoms with Crippen LogP contribution >= 0.6 is 0 Å². The molecule has 1 rings (SSSR count). The predicted molar refractivity (Wildman–Crippen MR) is 171 cm³/mol. The number of rotatable bonds is 40. The van der Waals surface area contributed by atoms with E-state index in [1.807, 2.05) is 0 Å². The zero-order chi connectivity index (χ0) is 35.1. The van der Waals surface area contributed by atoms with Gasteiger partial charge in [-0.3, -0.25) is 0 Å². The maximum Gasteiger partial charge on any atom is 0.407 e. The normalized spacial score (nSPS) is 14.3. The van der Waals surface area contributed by atoms with Crippen molar-refractivity contribution in [2.24, 2.45) is 0 Å². The summed E-state index contributed by atoms with van der Waals surface area (Å²) in [6.45, 7) is 11.6. The molecule has 1 atom stereocenters. The van der Waals surface area contributed by atoms with Crippen molar-refractivity contribution in [3.05, 3.63) is 0 Å². The number of carbonyl (C=O) groups excluding carboxylic acids is 2. The van der Waals surface area contributed by atoms with Crippen LogP contribution in [0.4, 0.5) is 4.79 Å². The van der Waals surface area contributed by atoms with Crippen LogP contribution < -0.4 is 5.32 Å². The zero-order valence-corrected chi connectivity index (χ0v) is 29.1. The molecular formula is C31H59NO17. The molecule has 0 aromatic rings. The number of hydrogen-bond acceptors (Lipinski definition) is 17. The Labute approximate surface area is 289 Å². The molecule has 18 nitrogen and oxygen atoms in total. The second-order valence-electron chi connectivity index (χ2n) is 9.87. The second-order valence-corrected chi connectivity index (χ2v) is 9.87. The molecule has 1 amide bonds. The number of hydrogen-bond donors (Lipinski definition) is 1. The van der Waals surface area contributed by atoms with Gasteiger partial charge in [-0.05, 0) is 0 Å². The molecule has 1 N–H and O–H groups in total. The van der Waals surface area contributed by atoms with E-state index < -0.39 is 18.2 Å². The summed E-state index contributed by atoms with van der Waals surface area (Å²) >= 11 is 0. The summed E-state index contributed by atoms with van der Waals surface area (Å²) in [7, 11) is 1.64. The molecular weight excluding hydrogens is 658 g/mol. The van der Waals surface area contributed by atoms with Crippen LogP contribution in [0.2, 0.25) is 0 Å². The number of ether oxygens (including phenoxy) is 15. The topological polar surface area (TPSA) is 185 Å². The number of methoxy groups -OCH3 is 1. The van der Waals surface area contributed by atoms with Crippen molar-refractivity contribution < 1.29 is 80.6 Å². The fraction of sp³-hybridized carbons (Fsp3) is 0.935. The molecule has 0 aromatic heterocycles. The number of carbonyl (C=O) groups is 2. The molecule has 18 heteroatoms. The van der Waals surface area contributed by atoms with Crippen LogP contribution in [-0.4, -0.2) is 204 Å². The monoisotopic (exact) mass is 717 g/mol. The average Bonchev–Trinajstić information content (AvgIpc) is 3.53. The molecule has 1 aliphatic heterocycles. The van der Waals surface area contributed by atoms with Crippen molar-refractivity contribution in [2.45, 2.75) is 6.10 Å². The highest BCUT2D eigenvalue weighted by molar-refractivity contribution is 5.71. The van der Waals surface area contributed by atoms with Crippen LogP contribution in [0, 0.1) is 0 Å². The Balaban J connectivity index is 1.62. The number of esters is 1. The van der Waals surface area contributed by atoms with Gasteiger partial charge in [0.05, 0.1) is 165 Å². The third-order valence-electron chi connectivity index (χ3n) is 5.92. The standard InChI is InChI=1S/C31H59NO17/c1-35-2-3-36-4-5-37-6-7-38-8-9-39-10-11-40-12-13-41-14-15-42-16-17-43-18-19-44-20-21-45-22-23-46-24-25-47-28-30(33)48-27-29-26-32-31(34)49-29/h29H,2-28H2,1H3,(H,32,34)/t29-/m0/s1. The van der Waals surface area contributed by atoms with E-state index in [1.54, 1.807) is 7.11 Å². The van der Waals surface area contributed by atoms with Crippen LogP contribution in [0.5, 0.6) is 0 Å². The van der Waals surface area contributed by atoms with Crippen molar-refractivity contribution in [1.29, 1.82) is 0 Å². The van der Waals surface area contributed by atoms with Gasteiger partial charge in [0.25, 0.3) is 0 Å². The van der Waals surface area contributed by atoms with Gasteiger partial charge in [0.2, 0.25) is 0 Å².